The summed E-state index contributed by atoms with van der Waals surface area (Å²) < 4.78 is 1.58. The second-order valence-corrected chi connectivity index (χ2v) is 17.8. The van der Waals surface area contributed by atoms with Gasteiger partial charge in [-0.15, -0.1) is 0 Å². The Bertz CT molecular complexity index is 204. The number of rotatable bonds is 1. The molecule has 0 spiro atoms. The van der Waals surface area contributed by atoms with E-state index in [0.717, 1.165) is 0 Å². The van der Waals surface area contributed by atoms with E-state index in [4.69, 9.17) is 0 Å². The molecule has 1 rings (SSSR count). The van der Waals surface area contributed by atoms with Gasteiger partial charge in [0.2, 0.25) is 0 Å². The molecule has 0 aliphatic heterocycles. The predicted octanol–water partition coefficient (Wildman–Crippen LogP) is 3.02. The van der Waals surface area contributed by atoms with Gasteiger partial charge < -0.3 is 0 Å². The summed E-state index contributed by atoms with van der Waals surface area (Å²) in [6.45, 7) is 0. The molecule has 13 heavy (non-hydrogen) atoms. The van der Waals surface area contributed by atoms with Gasteiger partial charge >= 0.3 is 95.2 Å². The van der Waals surface area contributed by atoms with E-state index in [2.05, 4.69) is 56.7 Å². The Morgan fingerprint density at radius 3 is 1.54 bits per heavy atom. The zero-order valence-corrected chi connectivity index (χ0v) is 14.3. The van der Waals surface area contributed by atoms with Gasteiger partial charge in [-0.1, -0.05) is 0 Å². The monoisotopic (exact) mass is 346 g/mol. The number of hydrogen-bond acceptors (Lipinski definition) is 0. The minimum absolute atomic E-state index is 0.543. The van der Waals surface area contributed by atoms with Crippen LogP contribution in [0.2, 0.25) is 26.3 Å². The number of hydrogen-bond donors (Lipinski definition) is 0. The second kappa shape index (κ2) is 7.92. The first kappa shape index (κ1) is 13.6. The van der Waals surface area contributed by atoms with Crippen LogP contribution in [-0.4, -0.2) is 34.1 Å². The van der Waals surface area contributed by atoms with Crippen molar-refractivity contribution in [1.82, 2.24) is 0 Å². The molecule has 0 saturated carbocycles. The van der Waals surface area contributed by atoms with Crippen LogP contribution in [0.25, 0.3) is 0 Å². The van der Waals surface area contributed by atoms with E-state index in [1.807, 2.05) is 0 Å². The fourth-order valence-electron chi connectivity index (χ4n) is 0.771. The van der Waals surface area contributed by atoms with Crippen molar-refractivity contribution < 1.29 is 0 Å². The molecule has 0 nitrogen and oxygen atoms in total. The van der Waals surface area contributed by atoms with Crippen LogP contribution >= 0.6 is 0 Å². The Morgan fingerprint density at radius 1 is 0.923 bits per heavy atom. The maximum absolute atomic E-state index is 2.37. The van der Waals surface area contributed by atoms with Crippen molar-refractivity contribution in [3.63, 3.8) is 0 Å². The SMILES string of the molecule is [CH3][Ge]([CH3])[c]1ccccc1.[CH3][Sn]([CH3])[CH3]. The van der Waals surface area contributed by atoms with Crippen LogP contribution in [0.15, 0.2) is 30.3 Å². The molecule has 1 aromatic carbocycles. The van der Waals surface area contributed by atoms with Crippen LogP contribution in [0.3, 0.4) is 0 Å². The van der Waals surface area contributed by atoms with Crippen LogP contribution in [0.5, 0.6) is 0 Å². The van der Waals surface area contributed by atoms with Crippen LogP contribution in [0.4, 0.5) is 0 Å². The van der Waals surface area contributed by atoms with E-state index in [1.165, 1.54) is 0 Å². The predicted molar refractivity (Wildman–Crippen MR) is 66.9 cm³/mol. The summed E-state index contributed by atoms with van der Waals surface area (Å²) in [5.74, 6) is 4.74. The van der Waals surface area contributed by atoms with E-state index in [-0.39, 0.29) is 0 Å². The van der Waals surface area contributed by atoms with Crippen LogP contribution in [0, 0.1) is 0 Å². The first-order chi connectivity index (χ1) is 6.04. The van der Waals surface area contributed by atoms with Crippen molar-refractivity contribution in [3.8, 4) is 0 Å². The third kappa shape index (κ3) is 8.88. The molecule has 0 unspecified atom stereocenters. The molecule has 0 saturated heterocycles. The molecule has 0 atom stereocenters. The van der Waals surface area contributed by atoms with E-state index in [9.17, 15) is 0 Å². The summed E-state index contributed by atoms with van der Waals surface area (Å²) in [7, 11) is 0. The first-order valence-electron chi connectivity index (χ1n) is 4.66. The van der Waals surface area contributed by atoms with Crippen molar-refractivity contribution in [1.29, 1.82) is 0 Å². The van der Waals surface area contributed by atoms with Crippen LogP contribution in [0.1, 0.15) is 0 Å². The van der Waals surface area contributed by atoms with Gasteiger partial charge in [-0.25, -0.2) is 0 Å². The van der Waals surface area contributed by atoms with Crippen molar-refractivity contribution in [2.24, 2.45) is 0 Å². The normalized spacial score (nSPS) is 9.77. The van der Waals surface area contributed by atoms with E-state index >= 15 is 0 Å². The maximum atomic E-state index is 2.37. The van der Waals surface area contributed by atoms with E-state index < -0.39 is 34.1 Å². The quantitative estimate of drug-likeness (QED) is 0.688. The molecule has 0 fully saturated rings. The Balaban J connectivity index is 0.000000310. The van der Waals surface area contributed by atoms with Crippen LogP contribution in [-0.2, 0) is 0 Å². The molecule has 72 valence electrons. The average molecular weight is 344 g/mol. The zero-order chi connectivity index (χ0) is 10.3. The van der Waals surface area contributed by atoms with Crippen molar-refractivity contribution in [2.75, 3.05) is 0 Å². The summed E-state index contributed by atoms with van der Waals surface area (Å²) in [6.07, 6.45) is 0. The van der Waals surface area contributed by atoms with Crippen LogP contribution < -0.4 is 4.40 Å². The van der Waals surface area contributed by atoms with Gasteiger partial charge in [0.15, 0.2) is 0 Å². The molecule has 0 aliphatic carbocycles. The number of benzene rings is 1. The van der Waals surface area contributed by atoms with Gasteiger partial charge in [-0.2, -0.15) is 0 Å². The second-order valence-electron chi connectivity index (χ2n) is 3.87. The average Bonchev–Trinajstić information content (AvgIpc) is 2.05. The van der Waals surface area contributed by atoms with Gasteiger partial charge in [0.05, 0.1) is 0 Å². The molecule has 0 N–H and O–H groups in total. The van der Waals surface area contributed by atoms with Crippen molar-refractivity contribution in [2.45, 2.75) is 26.3 Å². The molecule has 0 bridgehead atoms. The van der Waals surface area contributed by atoms with Gasteiger partial charge in [0.1, 0.15) is 0 Å². The molecule has 2 radical (unpaired) electrons. The standard InChI is InChI=1S/C8H11Ge.3CH3.Sn/c1-9(2)8-6-4-3-5-7-8;;;;/h3-7H,1-2H3;3*1H3;. The third-order valence-electron chi connectivity index (χ3n) is 1.35. The Kier molecular flexibility index (Phi) is 8.26. The van der Waals surface area contributed by atoms with E-state index in [1.54, 1.807) is 4.40 Å². The van der Waals surface area contributed by atoms with Crippen molar-refractivity contribution in [3.05, 3.63) is 30.3 Å². The summed E-state index contributed by atoms with van der Waals surface area (Å²) in [5, 5.41) is 0. The minimum atomic E-state index is -0.766. The Morgan fingerprint density at radius 2 is 1.31 bits per heavy atom. The summed E-state index contributed by atoms with van der Waals surface area (Å²) in [6, 6.07) is 10.8. The topological polar surface area (TPSA) is 0 Å². The molecular formula is C11H20GeSn. The Labute approximate surface area is 94.6 Å². The molecule has 1 aromatic rings. The molecule has 0 aromatic heterocycles. The summed E-state index contributed by atoms with van der Waals surface area (Å²) in [4.78, 5) is 7.09. The summed E-state index contributed by atoms with van der Waals surface area (Å²) >= 11 is -1.31. The van der Waals surface area contributed by atoms with Gasteiger partial charge in [-0.05, 0) is 0 Å². The van der Waals surface area contributed by atoms with Crippen molar-refractivity contribution >= 4 is 38.5 Å². The fourth-order valence-corrected chi connectivity index (χ4v) is 2.57. The van der Waals surface area contributed by atoms with Gasteiger partial charge in [0.25, 0.3) is 0 Å². The molecule has 0 aliphatic rings. The van der Waals surface area contributed by atoms with E-state index in [0.29, 0.717) is 0 Å². The van der Waals surface area contributed by atoms with Gasteiger partial charge in [-0.3, -0.25) is 0 Å². The van der Waals surface area contributed by atoms with Gasteiger partial charge in [0, 0.05) is 0 Å². The summed E-state index contributed by atoms with van der Waals surface area (Å²) in [5.41, 5.74) is 0. The third-order valence-corrected chi connectivity index (χ3v) is 4.47. The first-order valence-corrected chi connectivity index (χ1v) is 18.5. The fraction of sp³-hybridized carbons (Fsp3) is 0.455. The molecular weight excluding hydrogens is 323 g/mol. The zero-order valence-electron chi connectivity index (χ0n) is 9.39. The molecule has 0 heterocycles. The molecule has 2 heteroatoms. The molecule has 0 amide bonds. The Hall–Kier alpha value is 0.562.